The maximum Gasteiger partial charge on any atom is 0.416 e. The Labute approximate surface area is 211 Å². The van der Waals surface area contributed by atoms with E-state index in [1.807, 2.05) is 31.2 Å². The number of rotatable bonds is 4. The zero-order valence-electron chi connectivity index (χ0n) is 20.0. The molecule has 3 atom stereocenters. The summed E-state index contributed by atoms with van der Waals surface area (Å²) in [6.45, 7) is 1.86. The van der Waals surface area contributed by atoms with Gasteiger partial charge in [-0.25, -0.2) is 0 Å². The molecule has 4 aromatic rings. The molecular formula is C29H24F3N3O2. The van der Waals surface area contributed by atoms with Crippen LogP contribution in [0.1, 0.15) is 76.8 Å². The Morgan fingerprint density at radius 2 is 1.76 bits per heavy atom. The van der Waals surface area contributed by atoms with E-state index in [0.717, 1.165) is 53.6 Å². The summed E-state index contributed by atoms with van der Waals surface area (Å²) in [4.78, 5) is 31.2. The normalized spacial score (nSPS) is 19.1. The SMILES string of the molecule is C[C@H](NC(=O)c1ccc2c(c1)c1c(c(=O)n2-c2ccc(C(F)(F)F)cc2)C2CCC1C2)c1ccccn1. The summed E-state index contributed by atoms with van der Waals surface area (Å²) >= 11 is 0. The lowest BCUT2D eigenvalue weighted by atomic mass is 9.89. The summed E-state index contributed by atoms with van der Waals surface area (Å²) in [5.74, 6) is 0.131. The Kier molecular flexibility index (Phi) is 5.44. The Morgan fingerprint density at radius 3 is 2.43 bits per heavy atom. The number of nitrogens with one attached hydrogen (secondary N) is 1. The number of carbonyl (C=O) groups is 1. The van der Waals surface area contributed by atoms with E-state index in [0.29, 0.717) is 16.8 Å². The van der Waals surface area contributed by atoms with Gasteiger partial charge in [-0.15, -0.1) is 0 Å². The molecule has 188 valence electrons. The van der Waals surface area contributed by atoms with Crippen LogP contribution in [0, 0.1) is 0 Å². The van der Waals surface area contributed by atoms with Crippen LogP contribution in [0.25, 0.3) is 16.6 Å². The molecule has 37 heavy (non-hydrogen) atoms. The van der Waals surface area contributed by atoms with Crippen molar-refractivity contribution in [3.05, 3.63) is 105 Å². The number of nitrogens with zero attached hydrogens (tertiary/aromatic N) is 2. The lowest BCUT2D eigenvalue weighted by Crippen LogP contribution is -2.28. The first kappa shape index (κ1) is 23.5. The summed E-state index contributed by atoms with van der Waals surface area (Å²) in [5, 5.41) is 3.79. The molecule has 1 saturated carbocycles. The van der Waals surface area contributed by atoms with E-state index in [2.05, 4.69) is 10.3 Å². The number of hydrogen-bond donors (Lipinski definition) is 1. The van der Waals surface area contributed by atoms with Crippen molar-refractivity contribution in [3.63, 3.8) is 0 Å². The highest BCUT2D eigenvalue weighted by Gasteiger charge is 2.41. The third-order valence-electron chi connectivity index (χ3n) is 7.69. The van der Waals surface area contributed by atoms with E-state index in [4.69, 9.17) is 0 Å². The van der Waals surface area contributed by atoms with Crippen molar-refractivity contribution in [2.45, 2.75) is 50.2 Å². The van der Waals surface area contributed by atoms with Gasteiger partial charge in [0.05, 0.1) is 22.8 Å². The minimum Gasteiger partial charge on any atom is -0.344 e. The lowest BCUT2D eigenvalue weighted by Gasteiger charge is -2.22. The van der Waals surface area contributed by atoms with E-state index in [1.54, 1.807) is 18.3 Å². The number of alkyl halides is 3. The van der Waals surface area contributed by atoms with Crippen molar-refractivity contribution in [2.24, 2.45) is 0 Å². The van der Waals surface area contributed by atoms with Gasteiger partial charge in [-0.3, -0.25) is 19.1 Å². The van der Waals surface area contributed by atoms with E-state index in [-0.39, 0.29) is 29.3 Å². The van der Waals surface area contributed by atoms with Gasteiger partial charge in [-0.05, 0) is 98.2 Å². The monoisotopic (exact) mass is 503 g/mol. The third kappa shape index (κ3) is 3.91. The first-order chi connectivity index (χ1) is 17.7. The molecule has 2 aromatic heterocycles. The average Bonchev–Trinajstić information content (AvgIpc) is 3.52. The van der Waals surface area contributed by atoms with Crippen molar-refractivity contribution in [1.29, 1.82) is 0 Å². The number of aromatic nitrogens is 2. The zero-order chi connectivity index (χ0) is 25.9. The number of fused-ring (bicyclic) bond motifs is 7. The van der Waals surface area contributed by atoms with Gasteiger partial charge < -0.3 is 5.32 Å². The van der Waals surface area contributed by atoms with Gasteiger partial charge in [0.2, 0.25) is 0 Å². The highest BCUT2D eigenvalue weighted by Crippen LogP contribution is 2.54. The second-order valence-corrected chi connectivity index (χ2v) is 9.90. The van der Waals surface area contributed by atoms with Crippen molar-refractivity contribution < 1.29 is 18.0 Å². The number of halogens is 3. The van der Waals surface area contributed by atoms with Gasteiger partial charge in [0.1, 0.15) is 0 Å². The molecule has 6 rings (SSSR count). The molecule has 1 fully saturated rings. The molecule has 0 spiro atoms. The molecule has 0 saturated heterocycles. The predicted molar refractivity (Wildman–Crippen MR) is 134 cm³/mol. The second kappa shape index (κ2) is 8.57. The molecule has 2 unspecified atom stereocenters. The molecule has 2 aromatic carbocycles. The maximum absolute atomic E-state index is 13.7. The van der Waals surface area contributed by atoms with Crippen LogP contribution in [-0.2, 0) is 6.18 Å². The molecule has 1 N–H and O–H groups in total. The molecule has 0 radical (unpaired) electrons. The average molecular weight is 504 g/mol. The quantitative estimate of drug-likeness (QED) is 0.358. The van der Waals surface area contributed by atoms with Crippen LogP contribution < -0.4 is 10.9 Å². The van der Waals surface area contributed by atoms with E-state index < -0.39 is 11.7 Å². The van der Waals surface area contributed by atoms with Gasteiger partial charge in [0.25, 0.3) is 11.5 Å². The molecule has 2 aliphatic carbocycles. The fourth-order valence-corrected chi connectivity index (χ4v) is 5.96. The molecule has 1 amide bonds. The predicted octanol–water partition coefficient (Wildman–Crippen LogP) is 6.26. The second-order valence-electron chi connectivity index (χ2n) is 9.90. The molecule has 2 heterocycles. The van der Waals surface area contributed by atoms with Crippen LogP contribution in [0.5, 0.6) is 0 Å². The fraction of sp³-hybridized carbons (Fsp3) is 0.276. The standard InChI is InChI=1S/C29H24F3N3O2/c1-16(23-4-2-3-13-33-23)34-27(36)19-7-12-24-22(15-19)25-17-5-6-18(14-17)26(25)28(37)35(24)21-10-8-20(9-11-21)29(30,31)32/h2-4,7-13,15-18H,5-6,14H2,1H3,(H,34,36)/t16-,17?,18?/m0/s1. The summed E-state index contributed by atoms with van der Waals surface area (Å²) in [6.07, 6.45) is 0.0187. The number of amides is 1. The van der Waals surface area contributed by atoms with Crippen LogP contribution in [0.3, 0.4) is 0 Å². The van der Waals surface area contributed by atoms with Gasteiger partial charge >= 0.3 is 6.18 Å². The Hall–Kier alpha value is -3.94. The Balaban J connectivity index is 1.47. The van der Waals surface area contributed by atoms with Crippen LogP contribution in [-0.4, -0.2) is 15.5 Å². The van der Waals surface area contributed by atoms with Crippen molar-refractivity contribution in [1.82, 2.24) is 14.9 Å². The molecular weight excluding hydrogens is 479 g/mol. The van der Waals surface area contributed by atoms with Crippen LogP contribution in [0.4, 0.5) is 13.2 Å². The first-order valence-electron chi connectivity index (χ1n) is 12.3. The van der Waals surface area contributed by atoms with Crippen LogP contribution in [0.2, 0.25) is 0 Å². The number of hydrogen-bond acceptors (Lipinski definition) is 3. The minimum atomic E-state index is -4.46. The van der Waals surface area contributed by atoms with Gasteiger partial charge in [0.15, 0.2) is 0 Å². The van der Waals surface area contributed by atoms with Gasteiger partial charge in [-0.1, -0.05) is 6.07 Å². The number of benzene rings is 2. The molecule has 0 aliphatic heterocycles. The van der Waals surface area contributed by atoms with Gasteiger partial charge in [0, 0.05) is 28.4 Å². The molecule has 8 heteroatoms. The summed E-state index contributed by atoms with van der Waals surface area (Å²) < 4.78 is 40.9. The number of pyridine rings is 2. The Bertz CT molecular complexity index is 1580. The fourth-order valence-electron chi connectivity index (χ4n) is 5.96. The largest absolute Gasteiger partial charge is 0.416 e. The van der Waals surface area contributed by atoms with Crippen LogP contribution >= 0.6 is 0 Å². The van der Waals surface area contributed by atoms with Crippen molar-refractivity contribution >= 4 is 16.8 Å². The smallest absolute Gasteiger partial charge is 0.344 e. The van der Waals surface area contributed by atoms with E-state index in [9.17, 15) is 22.8 Å². The highest BCUT2D eigenvalue weighted by molar-refractivity contribution is 5.99. The first-order valence-corrected chi connectivity index (χ1v) is 12.3. The van der Waals surface area contributed by atoms with Crippen LogP contribution in [0.15, 0.2) is 71.7 Å². The summed E-state index contributed by atoms with van der Waals surface area (Å²) in [5.41, 5.74) is 2.93. The highest BCUT2D eigenvalue weighted by atomic mass is 19.4. The minimum absolute atomic E-state index is 0.138. The zero-order valence-corrected chi connectivity index (χ0v) is 20.0. The van der Waals surface area contributed by atoms with Gasteiger partial charge in [-0.2, -0.15) is 13.2 Å². The third-order valence-corrected chi connectivity index (χ3v) is 7.69. The topological polar surface area (TPSA) is 64.0 Å². The van der Waals surface area contributed by atoms with Crippen molar-refractivity contribution in [2.75, 3.05) is 0 Å². The molecule has 2 aliphatic rings. The van der Waals surface area contributed by atoms with E-state index >= 15 is 0 Å². The van der Waals surface area contributed by atoms with Crippen molar-refractivity contribution in [3.8, 4) is 5.69 Å². The summed E-state index contributed by atoms with van der Waals surface area (Å²) in [7, 11) is 0. The number of carbonyl (C=O) groups excluding carboxylic acids is 1. The Morgan fingerprint density at radius 1 is 1.03 bits per heavy atom. The molecule has 2 bridgehead atoms. The summed E-state index contributed by atoms with van der Waals surface area (Å²) in [6, 6.07) is 15.1. The maximum atomic E-state index is 13.7. The van der Waals surface area contributed by atoms with E-state index in [1.165, 1.54) is 16.7 Å². The molecule has 5 nitrogen and oxygen atoms in total. The lowest BCUT2D eigenvalue weighted by molar-refractivity contribution is -0.137.